The van der Waals surface area contributed by atoms with Crippen molar-refractivity contribution in [2.75, 3.05) is 19.0 Å². The van der Waals surface area contributed by atoms with Gasteiger partial charge in [-0.2, -0.15) is 0 Å². The first-order chi connectivity index (χ1) is 9.60. The number of benzene rings is 2. The molecule has 0 amide bonds. The largest absolute Gasteiger partial charge is 0.497 e. The number of aryl methyl sites for hydroxylation is 2. The molecule has 2 rings (SSSR count). The van der Waals surface area contributed by atoms with E-state index in [0.29, 0.717) is 6.54 Å². The van der Waals surface area contributed by atoms with Crippen molar-refractivity contribution in [3.8, 4) is 5.75 Å². The topological polar surface area (TPSA) is 41.5 Å². The maximum atomic E-state index is 10.3. The molecule has 0 spiro atoms. The summed E-state index contributed by atoms with van der Waals surface area (Å²) in [4.78, 5) is 0. The average Bonchev–Trinajstić information content (AvgIpc) is 2.45. The Kier molecular flexibility index (Phi) is 4.64. The molecule has 0 radical (unpaired) electrons. The van der Waals surface area contributed by atoms with E-state index < -0.39 is 6.10 Å². The van der Waals surface area contributed by atoms with Gasteiger partial charge in [0.15, 0.2) is 0 Å². The van der Waals surface area contributed by atoms with Crippen LogP contribution in [0.15, 0.2) is 42.5 Å². The normalized spacial score (nSPS) is 12.0. The summed E-state index contributed by atoms with van der Waals surface area (Å²) in [6.07, 6.45) is -0.526. The van der Waals surface area contributed by atoms with Gasteiger partial charge in [0.05, 0.1) is 13.2 Å². The molecule has 2 aromatic carbocycles. The van der Waals surface area contributed by atoms with E-state index in [1.807, 2.05) is 43.3 Å². The van der Waals surface area contributed by atoms with Crippen LogP contribution in [0.1, 0.15) is 22.8 Å². The minimum absolute atomic E-state index is 0.469. The molecule has 3 nitrogen and oxygen atoms in total. The van der Waals surface area contributed by atoms with Gasteiger partial charge in [0.25, 0.3) is 0 Å². The minimum atomic E-state index is -0.526. The van der Waals surface area contributed by atoms with Crippen LogP contribution in [-0.2, 0) is 0 Å². The second-order valence-corrected chi connectivity index (χ2v) is 4.99. The Balaban J connectivity index is 2.02. The number of methoxy groups -OCH3 is 1. The first-order valence-corrected chi connectivity index (χ1v) is 6.73. The van der Waals surface area contributed by atoms with Crippen LogP contribution in [-0.4, -0.2) is 18.8 Å². The highest BCUT2D eigenvalue weighted by atomic mass is 16.5. The molecule has 0 aliphatic rings. The molecule has 3 heteroatoms. The van der Waals surface area contributed by atoms with Crippen LogP contribution in [0.2, 0.25) is 0 Å². The zero-order valence-corrected chi connectivity index (χ0v) is 12.2. The monoisotopic (exact) mass is 271 g/mol. The number of aliphatic hydroxyl groups is 1. The van der Waals surface area contributed by atoms with E-state index in [2.05, 4.69) is 18.3 Å². The van der Waals surface area contributed by atoms with Crippen LogP contribution >= 0.6 is 0 Å². The van der Waals surface area contributed by atoms with Gasteiger partial charge in [0.1, 0.15) is 5.75 Å². The third-order valence-corrected chi connectivity index (χ3v) is 3.35. The molecule has 20 heavy (non-hydrogen) atoms. The van der Waals surface area contributed by atoms with Gasteiger partial charge in [0.2, 0.25) is 0 Å². The van der Waals surface area contributed by atoms with Crippen LogP contribution in [0.3, 0.4) is 0 Å². The fourth-order valence-electron chi connectivity index (χ4n) is 2.26. The summed E-state index contributed by atoms with van der Waals surface area (Å²) in [5.74, 6) is 0.802. The maximum absolute atomic E-state index is 10.3. The van der Waals surface area contributed by atoms with E-state index in [9.17, 15) is 5.11 Å². The Hall–Kier alpha value is -2.00. The van der Waals surface area contributed by atoms with Gasteiger partial charge in [-0.05, 0) is 37.1 Å². The molecule has 0 aliphatic heterocycles. The molecule has 106 valence electrons. The highest BCUT2D eigenvalue weighted by Gasteiger charge is 2.10. The van der Waals surface area contributed by atoms with Gasteiger partial charge < -0.3 is 15.2 Å². The van der Waals surface area contributed by atoms with Crippen LogP contribution in [0.4, 0.5) is 5.69 Å². The highest BCUT2D eigenvalue weighted by Crippen LogP contribution is 2.21. The number of rotatable bonds is 5. The summed E-state index contributed by atoms with van der Waals surface area (Å²) >= 11 is 0. The van der Waals surface area contributed by atoms with Gasteiger partial charge in [0, 0.05) is 18.3 Å². The molecule has 0 bridgehead atoms. The first-order valence-electron chi connectivity index (χ1n) is 6.73. The quantitative estimate of drug-likeness (QED) is 0.875. The molecular formula is C17H21NO2. The number of anilines is 1. The Bertz CT molecular complexity index is 581. The lowest BCUT2D eigenvalue weighted by atomic mass is 10.0. The zero-order valence-electron chi connectivity index (χ0n) is 12.2. The van der Waals surface area contributed by atoms with Crippen molar-refractivity contribution in [3.05, 3.63) is 59.2 Å². The molecule has 0 saturated carbocycles. The summed E-state index contributed by atoms with van der Waals surface area (Å²) in [6.45, 7) is 4.55. The summed E-state index contributed by atoms with van der Waals surface area (Å²) in [6, 6.07) is 13.8. The van der Waals surface area contributed by atoms with Crippen molar-refractivity contribution >= 4 is 5.69 Å². The van der Waals surface area contributed by atoms with E-state index >= 15 is 0 Å². The minimum Gasteiger partial charge on any atom is -0.497 e. The Morgan fingerprint density at radius 3 is 2.65 bits per heavy atom. The third-order valence-electron chi connectivity index (χ3n) is 3.35. The predicted molar refractivity (Wildman–Crippen MR) is 82.4 cm³/mol. The molecule has 1 atom stereocenters. The first kappa shape index (κ1) is 14.4. The highest BCUT2D eigenvalue weighted by molar-refractivity contribution is 5.48. The SMILES string of the molecule is COc1cccc(NCC(O)c2ccc(C)cc2C)c1. The fraction of sp³-hybridized carbons (Fsp3) is 0.294. The van der Waals surface area contributed by atoms with E-state index in [1.165, 1.54) is 5.56 Å². The van der Waals surface area contributed by atoms with Gasteiger partial charge >= 0.3 is 0 Å². The van der Waals surface area contributed by atoms with Crippen molar-refractivity contribution in [2.24, 2.45) is 0 Å². The molecule has 1 unspecified atom stereocenters. The number of ether oxygens (including phenoxy) is 1. The van der Waals surface area contributed by atoms with Crippen molar-refractivity contribution in [2.45, 2.75) is 20.0 Å². The molecule has 0 fully saturated rings. The van der Waals surface area contributed by atoms with Gasteiger partial charge in [-0.15, -0.1) is 0 Å². The zero-order chi connectivity index (χ0) is 14.5. The number of aliphatic hydroxyl groups excluding tert-OH is 1. The van der Waals surface area contributed by atoms with E-state index in [0.717, 1.165) is 22.6 Å². The standard InChI is InChI=1S/C17H21NO2/c1-12-7-8-16(13(2)9-12)17(19)11-18-14-5-4-6-15(10-14)20-3/h4-10,17-19H,11H2,1-3H3. The van der Waals surface area contributed by atoms with E-state index in [-0.39, 0.29) is 0 Å². The summed E-state index contributed by atoms with van der Waals surface area (Å²) < 4.78 is 5.18. The summed E-state index contributed by atoms with van der Waals surface area (Å²) in [7, 11) is 1.64. The van der Waals surface area contributed by atoms with Gasteiger partial charge in [-0.3, -0.25) is 0 Å². The maximum Gasteiger partial charge on any atom is 0.120 e. The van der Waals surface area contributed by atoms with Crippen molar-refractivity contribution in [1.29, 1.82) is 0 Å². The Labute approximate surface area is 120 Å². The second-order valence-electron chi connectivity index (χ2n) is 4.99. The van der Waals surface area contributed by atoms with Crippen molar-refractivity contribution < 1.29 is 9.84 Å². The number of hydrogen-bond acceptors (Lipinski definition) is 3. The van der Waals surface area contributed by atoms with Crippen LogP contribution in [0.25, 0.3) is 0 Å². The molecule has 0 saturated heterocycles. The molecule has 0 heterocycles. The summed E-state index contributed by atoms with van der Waals surface area (Å²) in [5.41, 5.74) is 4.23. The molecule has 0 aliphatic carbocycles. The predicted octanol–water partition coefficient (Wildman–Crippen LogP) is 3.46. The lowest BCUT2D eigenvalue weighted by Crippen LogP contribution is -2.13. The van der Waals surface area contributed by atoms with Crippen molar-refractivity contribution in [3.63, 3.8) is 0 Å². The van der Waals surface area contributed by atoms with Crippen LogP contribution < -0.4 is 10.1 Å². The van der Waals surface area contributed by atoms with Crippen LogP contribution in [0, 0.1) is 13.8 Å². The van der Waals surface area contributed by atoms with Crippen molar-refractivity contribution in [1.82, 2.24) is 0 Å². The number of hydrogen-bond donors (Lipinski definition) is 2. The fourth-order valence-corrected chi connectivity index (χ4v) is 2.26. The molecule has 2 aromatic rings. The van der Waals surface area contributed by atoms with Gasteiger partial charge in [-0.1, -0.05) is 29.8 Å². The molecular weight excluding hydrogens is 250 g/mol. The lowest BCUT2D eigenvalue weighted by molar-refractivity contribution is 0.191. The summed E-state index contributed by atoms with van der Waals surface area (Å²) in [5, 5.41) is 13.5. The van der Waals surface area contributed by atoms with Crippen LogP contribution in [0.5, 0.6) is 5.75 Å². The van der Waals surface area contributed by atoms with E-state index in [1.54, 1.807) is 7.11 Å². The van der Waals surface area contributed by atoms with Gasteiger partial charge in [-0.25, -0.2) is 0 Å². The average molecular weight is 271 g/mol. The molecule has 0 aromatic heterocycles. The smallest absolute Gasteiger partial charge is 0.120 e. The third kappa shape index (κ3) is 3.52. The number of nitrogens with one attached hydrogen (secondary N) is 1. The Morgan fingerprint density at radius 1 is 1.15 bits per heavy atom. The lowest BCUT2D eigenvalue weighted by Gasteiger charge is -2.16. The Morgan fingerprint density at radius 2 is 1.95 bits per heavy atom. The second kappa shape index (κ2) is 6.44. The molecule has 2 N–H and O–H groups in total. The van der Waals surface area contributed by atoms with E-state index in [4.69, 9.17) is 4.74 Å².